The first-order chi connectivity index (χ1) is 7.93. The molecule has 1 fully saturated rings. The molecule has 0 unspecified atom stereocenters. The zero-order valence-corrected chi connectivity index (χ0v) is 10.8. The van der Waals surface area contributed by atoms with Gasteiger partial charge in [0.05, 0.1) is 0 Å². The first kappa shape index (κ1) is 13.4. The molecule has 1 aliphatic carbocycles. The van der Waals surface area contributed by atoms with E-state index in [1.165, 1.54) is 64.2 Å². The second kappa shape index (κ2) is 9.52. The Hall–Kier alpha value is -0.700. The molecule has 0 aromatic heterocycles. The fraction of sp³-hybridized carbons (Fsp3) is 0.750. The average molecular weight is 218 g/mol. The van der Waals surface area contributed by atoms with Crippen molar-refractivity contribution in [3.8, 4) is 11.8 Å². The number of hydrogen-bond acceptors (Lipinski definition) is 0. The summed E-state index contributed by atoms with van der Waals surface area (Å²) in [4.78, 5) is 0. The van der Waals surface area contributed by atoms with E-state index in [0.717, 1.165) is 0 Å². The van der Waals surface area contributed by atoms with Gasteiger partial charge in [-0.05, 0) is 31.8 Å². The largest absolute Gasteiger partial charge is 0.0951 e. The molecule has 16 heavy (non-hydrogen) atoms. The highest BCUT2D eigenvalue weighted by atomic mass is 14.1. The van der Waals surface area contributed by atoms with E-state index >= 15 is 0 Å². The van der Waals surface area contributed by atoms with E-state index in [1.807, 2.05) is 0 Å². The molecule has 0 radical (unpaired) electrons. The standard InChI is InChI=1S/C16H26/c1-2-3-4-5-6-7-8-10-13-16-14-11-9-12-15-16/h7-8,16H,2-6,9,11-12,14-15H2,1H3/b8-7-. The Morgan fingerprint density at radius 3 is 2.62 bits per heavy atom. The van der Waals surface area contributed by atoms with E-state index in [9.17, 15) is 0 Å². The van der Waals surface area contributed by atoms with Crippen LogP contribution in [0.25, 0.3) is 0 Å². The molecule has 90 valence electrons. The molecule has 0 aromatic rings. The van der Waals surface area contributed by atoms with Crippen molar-refractivity contribution in [3.63, 3.8) is 0 Å². The fourth-order valence-electron chi connectivity index (χ4n) is 2.24. The van der Waals surface area contributed by atoms with Crippen molar-refractivity contribution in [1.29, 1.82) is 0 Å². The maximum Gasteiger partial charge on any atom is 0.0206 e. The molecular formula is C16H26. The molecule has 1 rings (SSSR count). The third-order valence-electron chi connectivity index (χ3n) is 3.32. The lowest BCUT2D eigenvalue weighted by molar-refractivity contribution is 0.430. The fourth-order valence-corrected chi connectivity index (χ4v) is 2.24. The van der Waals surface area contributed by atoms with Crippen molar-refractivity contribution in [2.75, 3.05) is 0 Å². The highest BCUT2D eigenvalue weighted by molar-refractivity contribution is 5.17. The predicted octanol–water partition coefficient (Wildman–Crippen LogP) is 5.10. The molecule has 1 aliphatic rings. The van der Waals surface area contributed by atoms with Crippen LogP contribution in [0, 0.1) is 17.8 Å². The lowest BCUT2D eigenvalue weighted by Gasteiger charge is -2.15. The van der Waals surface area contributed by atoms with Crippen LogP contribution in [0.1, 0.15) is 71.1 Å². The van der Waals surface area contributed by atoms with Gasteiger partial charge >= 0.3 is 0 Å². The molecule has 0 aliphatic heterocycles. The lowest BCUT2D eigenvalue weighted by atomic mass is 9.90. The van der Waals surface area contributed by atoms with Crippen molar-refractivity contribution >= 4 is 0 Å². The van der Waals surface area contributed by atoms with Crippen molar-refractivity contribution < 1.29 is 0 Å². The van der Waals surface area contributed by atoms with Gasteiger partial charge in [0.25, 0.3) is 0 Å². The normalized spacial score (nSPS) is 17.3. The minimum absolute atomic E-state index is 0.693. The highest BCUT2D eigenvalue weighted by Crippen LogP contribution is 2.22. The Balaban J connectivity index is 2.03. The van der Waals surface area contributed by atoms with Crippen LogP contribution >= 0.6 is 0 Å². The molecule has 0 atom stereocenters. The maximum atomic E-state index is 3.39. The molecule has 0 bridgehead atoms. The molecule has 0 heteroatoms. The summed E-state index contributed by atoms with van der Waals surface area (Å²) in [7, 11) is 0. The van der Waals surface area contributed by atoms with Crippen molar-refractivity contribution in [2.24, 2.45) is 5.92 Å². The summed E-state index contributed by atoms with van der Waals surface area (Å²) in [5, 5.41) is 0. The highest BCUT2D eigenvalue weighted by Gasteiger charge is 2.09. The van der Waals surface area contributed by atoms with Crippen LogP contribution in [0.4, 0.5) is 0 Å². The van der Waals surface area contributed by atoms with Gasteiger partial charge in [-0.3, -0.25) is 0 Å². The number of hydrogen-bond donors (Lipinski definition) is 0. The van der Waals surface area contributed by atoms with Crippen LogP contribution in [0.3, 0.4) is 0 Å². The van der Waals surface area contributed by atoms with Crippen LogP contribution < -0.4 is 0 Å². The molecule has 1 saturated carbocycles. The SMILES string of the molecule is CCCCCC/C=C\C#CC1CCCCC1. The molecule has 0 nitrogen and oxygen atoms in total. The zero-order valence-electron chi connectivity index (χ0n) is 10.8. The summed E-state index contributed by atoms with van der Waals surface area (Å²) in [6, 6.07) is 0. The third-order valence-corrected chi connectivity index (χ3v) is 3.32. The van der Waals surface area contributed by atoms with Gasteiger partial charge in [0.1, 0.15) is 0 Å². The minimum atomic E-state index is 0.693. The van der Waals surface area contributed by atoms with Gasteiger partial charge in [-0.1, -0.05) is 63.4 Å². The van der Waals surface area contributed by atoms with E-state index in [0.29, 0.717) is 5.92 Å². The van der Waals surface area contributed by atoms with Gasteiger partial charge in [0, 0.05) is 5.92 Å². The summed E-state index contributed by atoms with van der Waals surface area (Å²) in [5.74, 6) is 7.30. The quantitative estimate of drug-likeness (QED) is 0.445. The Morgan fingerprint density at radius 1 is 1.06 bits per heavy atom. The van der Waals surface area contributed by atoms with E-state index in [2.05, 4.69) is 30.9 Å². The average Bonchev–Trinajstić information content (AvgIpc) is 2.34. The molecule has 0 aromatic carbocycles. The minimum Gasteiger partial charge on any atom is -0.0951 e. The molecule has 0 N–H and O–H groups in total. The Bertz CT molecular complexity index is 232. The second-order valence-electron chi connectivity index (χ2n) is 4.88. The van der Waals surface area contributed by atoms with Crippen LogP contribution in [-0.4, -0.2) is 0 Å². The van der Waals surface area contributed by atoms with Crippen LogP contribution in [0.2, 0.25) is 0 Å². The first-order valence-electron chi connectivity index (χ1n) is 7.09. The summed E-state index contributed by atoms with van der Waals surface area (Å²) in [5.41, 5.74) is 0. The second-order valence-corrected chi connectivity index (χ2v) is 4.88. The molecule has 0 saturated heterocycles. The van der Waals surface area contributed by atoms with E-state index in [1.54, 1.807) is 0 Å². The van der Waals surface area contributed by atoms with Gasteiger partial charge in [-0.25, -0.2) is 0 Å². The zero-order chi connectivity index (χ0) is 11.5. The van der Waals surface area contributed by atoms with Crippen LogP contribution in [0.15, 0.2) is 12.2 Å². The van der Waals surface area contributed by atoms with Crippen LogP contribution in [-0.2, 0) is 0 Å². The molecular weight excluding hydrogens is 192 g/mol. The number of rotatable bonds is 5. The van der Waals surface area contributed by atoms with E-state index < -0.39 is 0 Å². The van der Waals surface area contributed by atoms with E-state index in [-0.39, 0.29) is 0 Å². The van der Waals surface area contributed by atoms with Gasteiger partial charge in [-0.2, -0.15) is 0 Å². The van der Waals surface area contributed by atoms with Crippen molar-refractivity contribution in [1.82, 2.24) is 0 Å². The van der Waals surface area contributed by atoms with Crippen LogP contribution in [0.5, 0.6) is 0 Å². The number of unbranched alkanes of at least 4 members (excludes halogenated alkanes) is 4. The Labute approximate surface area is 102 Å². The summed E-state index contributed by atoms with van der Waals surface area (Å²) >= 11 is 0. The molecule has 0 heterocycles. The monoisotopic (exact) mass is 218 g/mol. The third kappa shape index (κ3) is 6.72. The van der Waals surface area contributed by atoms with Gasteiger partial charge in [-0.15, -0.1) is 0 Å². The summed E-state index contributed by atoms with van der Waals surface area (Å²) in [6.07, 6.45) is 17.8. The smallest absolute Gasteiger partial charge is 0.0206 e. The Morgan fingerprint density at radius 2 is 1.88 bits per heavy atom. The summed E-state index contributed by atoms with van der Waals surface area (Å²) in [6.45, 7) is 2.26. The topological polar surface area (TPSA) is 0 Å². The van der Waals surface area contributed by atoms with E-state index in [4.69, 9.17) is 0 Å². The lowest BCUT2D eigenvalue weighted by Crippen LogP contribution is -2.02. The molecule has 0 amide bonds. The molecule has 0 spiro atoms. The first-order valence-corrected chi connectivity index (χ1v) is 7.09. The van der Waals surface area contributed by atoms with Gasteiger partial charge in [0.2, 0.25) is 0 Å². The maximum absolute atomic E-state index is 3.39. The summed E-state index contributed by atoms with van der Waals surface area (Å²) < 4.78 is 0. The predicted molar refractivity (Wildman–Crippen MR) is 72.3 cm³/mol. The Kier molecular flexibility index (Phi) is 7.95. The van der Waals surface area contributed by atoms with Gasteiger partial charge < -0.3 is 0 Å². The van der Waals surface area contributed by atoms with Crippen molar-refractivity contribution in [2.45, 2.75) is 71.1 Å². The number of allylic oxidation sites excluding steroid dienone is 2. The van der Waals surface area contributed by atoms with Gasteiger partial charge in [0.15, 0.2) is 0 Å². The van der Waals surface area contributed by atoms with Crippen molar-refractivity contribution in [3.05, 3.63) is 12.2 Å².